The molecule has 5 rings (SSSR count). The Hall–Kier alpha value is -3.75. The van der Waals surface area contributed by atoms with Crippen LogP contribution in [0.4, 0.5) is 0 Å². The van der Waals surface area contributed by atoms with Crippen molar-refractivity contribution in [1.29, 1.82) is 0 Å². The molecule has 33 heavy (non-hydrogen) atoms. The maximum Gasteiger partial charge on any atom is 0.338 e. The van der Waals surface area contributed by atoms with Gasteiger partial charge in [0.15, 0.2) is 5.82 Å². The molecule has 0 fully saturated rings. The van der Waals surface area contributed by atoms with Gasteiger partial charge in [-0.25, -0.2) is 4.79 Å². The number of furan rings is 1. The van der Waals surface area contributed by atoms with Crippen molar-refractivity contribution >= 4 is 39.9 Å². The number of benzene rings is 2. The smallest absolute Gasteiger partial charge is 0.338 e. The first kappa shape index (κ1) is 21.1. The fourth-order valence-corrected chi connectivity index (χ4v) is 4.27. The largest absolute Gasteiger partial charge is 0.462 e. The van der Waals surface area contributed by atoms with E-state index in [-0.39, 0.29) is 11.5 Å². The number of rotatable bonds is 5. The highest BCUT2D eigenvalue weighted by Crippen LogP contribution is 2.23. The lowest BCUT2D eigenvalue weighted by Crippen LogP contribution is -2.23. The summed E-state index contributed by atoms with van der Waals surface area (Å²) >= 11 is 7.16. The normalized spacial score (nSPS) is 11.9. The SMILES string of the molecule is CCOC(=O)c1ccc(-c2ccc(/C=c3\sc4nc(-c5ccc(Cl)cc5)nn4c3=O)o2)cc1. The van der Waals surface area contributed by atoms with E-state index in [1.54, 1.807) is 55.5 Å². The van der Waals surface area contributed by atoms with E-state index in [2.05, 4.69) is 10.1 Å². The quantitative estimate of drug-likeness (QED) is 0.347. The van der Waals surface area contributed by atoms with Crippen LogP contribution in [0.25, 0.3) is 33.7 Å². The summed E-state index contributed by atoms with van der Waals surface area (Å²) < 4.78 is 12.6. The van der Waals surface area contributed by atoms with Crippen molar-refractivity contribution in [3.63, 3.8) is 0 Å². The van der Waals surface area contributed by atoms with Gasteiger partial charge in [-0.15, -0.1) is 5.10 Å². The van der Waals surface area contributed by atoms with Crippen molar-refractivity contribution < 1.29 is 13.9 Å². The second kappa shape index (κ2) is 8.65. The van der Waals surface area contributed by atoms with E-state index in [1.165, 1.54) is 15.9 Å². The van der Waals surface area contributed by atoms with Crippen LogP contribution in [0.5, 0.6) is 0 Å². The molecule has 0 radical (unpaired) electrons. The lowest BCUT2D eigenvalue weighted by Gasteiger charge is -2.02. The zero-order valence-corrected chi connectivity index (χ0v) is 18.9. The number of nitrogens with zero attached hydrogens (tertiary/aromatic N) is 3. The molecule has 0 unspecified atom stereocenters. The molecular weight excluding hydrogens is 462 g/mol. The minimum atomic E-state index is -0.365. The molecule has 0 aliphatic rings. The Labute approximate surface area is 196 Å². The van der Waals surface area contributed by atoms with Crippen molar-refractivity contribution in [1.82, 2.24) is 14.6 Å². The molecule has 9 heteroatoms. The zero-order valence-electron chi connectivity index (χ0n) is 17.3. The molecule has 0 bridgehead atoms. The third-order valence-corrected chi connectivity index (χ3v) is 6.08. The second-order valence-electron chi connectivity index (χ2n) is 7.05. The fraction of sp³-hybridized carbons (Fsp3) is 0.0833. The molecule has 0 saturated carbocycles. The lowest BCUT2D eigenvalue weighted by molar-refractivity contribution is 0.0526. The lowest BCUT2D eigenvalue weighted by atomic mass is 10.1. The molecule has 0 saturated heterocycles. The number of fused-ring (bicyclic) bond motifs is 1. The Morgan fingerprint density at radius 2 is 1.82 bits per heavy atom. The molecule has 7 nitrogen and oxygen atoms in total. The van der Waals surface area contributed by atoms with E-state index in [0.717, 1.165) is 11.1 Å². The minimum absolute atomic E-state index is 0.264. The highest BCUT2D eigenvalue weighted by atomic mass is 35.5. The summed E-state index contributed by atoms with van der Waals surface area (Å²) in [6.07, 6.45) is 1.67. The van der Waals surface area contributed by atoms with Crippen molar-refractivity contribution in [3.05, 3.63) is 91.9 Å². The van der Waals surface area contributed by atoms with Crippen LogP contribution >= 0.6 is 22.9 Å². The molecule has 164 valence electrons. The highest BCUT2D eigenvalue weighted by molar-refractivity contribution is 7.15. The Bertz CT molecular complexity index is 1570. The first-order valence-corrected chi connectivity index (χ1v) is 11.3. The summed E-state index contributed by atoms with van der Waals surface area (Å²) in [5.41, 5.74) is 1.80. The first-order chi connectivity index (χ1) is 16.0. The monoisotopic (exact) mass is 477 g/mol. The van der Waals surface area contributed by atoms with Crippen LogP contribution in [-0.4, -0.2) is 27.2 Å². The Morgan fingerprint density at radius 3 is 2.52 bits per heavy atom. The topological polar surface area (TPSA) is 86.7 Å². The molecule has 0 aliphatic heterocycles. The third-order valence-electron chi connectivity index (χ3n) is 4.86. The van der Waals surface area contributed by atoms with Gasteiger partial charge in [-0.3, -0.25) is 4.79 Å². The van der Waals surface area contributed by atoms with E-state index < -0.39 is 0 Å². The summed E-state index contributed by atoms with van der Waals surface area (Å²) in [5.74, 6) is 1.25. The van der Waals surface area contributed by atoms with Gasteiger partial charge in [0.25, 0.3) is 5.56 Å². The van der Waals surface area contributed by atoms with Gasteiger partial charge in [0, 0.05) is 22.2 Å². The number of hydrogen-bond donors (Lipinski definition) is 0. The summed E-state index contributed by atoms with van der Waals surface area (Å²) in [6.45, 7) is 2.09. The number of hydrogen-bond acceptors (Lipinski definition) is 7. The average molecular weight is 478 g/mol. The first-order valence-electron chi connectivity index (χ1n) is 10.1. The maximum absolute atomic E-state index is 12.8. The molecule has 0 spiro atoms. The van der Waals surface area contributed by atoms with Gasteiger partial charge in [-0.2, -0.15) is 9.50 Å². The van der Waals surface area contributed by atoms with Gasteiger partial charge in [-0.1, -0.05) is 35.1 Å². The third kappa shape index (κ3) is 4.18. The van der Waals surface area contributed by atoms with Gasteiger partial charge in [0.2, 0.25) is 4.96 Å². The predicted octanol–water partition coefficient (Wildman–Crippen LogP) is 4.46. The molecule has 5 aromatic rings. The molecule has 0 amide bonds. The van der Waals surface area contributed by atoms with E-state index in [0.29, 0.717) is 44.0 Å². The number of aromatic nitrogens is 3. The summed E-state index contributed by atoms with van der Waals surface area (Å²) in [7, 11) is 0. The van der Waals surface area contributed by atoms with Gasteiger partial charge >= 0.3 is 5.97 Å². The number of carbonyl (C=O) groups is 1. The van der Waals surface area contributed by atoms with E-state index in [1.807, 2.05) is 18.2 Å². The van der Waals surface area contributed by atoms with Crippen LogP contribution in [0.3, 0.4) is 0 Å². The number of thiazole rings is 1. The maximum atomic E-state index is 12.8. The molecule has 0 atom stereocenters. The van der Waals surface area contributed by atoms with Crippen molar-refractivity contribution in [2.75, 3.05) is 6.61 Å². The average Bonchev–Trinajstić information content (AvgIpc) is 3.52. The number of halogens is 1. The predicted molar refractivity (Wildman–Crippen MR) is 126 cm³/mol. The second-order valence-corrected chi connectivity index (χ2v) is 8.50. The number of ether oxygens (including phenoxy) is 1. The van der Waals surface area contributed by atoms with Crippen molar-refractivity contribution in [2.24, 2.45) is 0 Å². The number of carbonyl (C=O) groups excluding carboxylic acids is 1. The molecule has 2 aromatic carbocycles. The van der Waals surface area contributed by atoms with E-state index in [4.69, 9.17) is 20.8 Å². The molecule has 0 aliphatic carbocycles. The van der Waals surface area contributed by atoms with Crippen LogP contribution in [0.1, 0.15) is 23.0 Å². The summed E-state index contributed by atoms with van der Waals surface area (Å²) in [5, 5.41) is 4.95. The fourth-order valence-electron chi connectivity index (χ4n) is 3.25. The zero-order chi connectivity index (χ0) is 22.9. The van der Waals surface area contributed by atoms with Crippen LogP contribution in [0.2, 0.25) is 5.02 Å². The Morgan fingerprint density at radius 1 is 1.09 bits per heavy atom. The Balaban J connectivity index is 1.42. The van der Waals surface area contributed by atoms with E-state index in [9.17, 15) is 9.59 Å². The Kier molecular flexibility index (Phi) is 5.53. The van der Waals surface area contributed by atoms with Crippen LogP contribution in [0.15, 0.2) is 69.9 Å². The van der Waals surface area contributed by atoms with Crippen LogP contribution in [0, 0.1) is 0 Å². The summed E-state index contributed by atoms with van der Waals surface area (Å²) in [6, 6.07) is 17.7. The summed E-state index contributed by atoms with van der Waals surface area (Å²) in [4.78, 5) is 29.6. The van der Waals surface area contributed by atoms with Crippen LogP contribution in [-0.2, 0) is 4.74 Å². The molecule has 0 N–H and O–H groups in total. The van der Waals surface area contributed by atoms with Gasteiger partial charge in [0.05, 0.1) is 12.2 Å². The minimum Gasteiger partial charge on any atom is -0.462 e. The molecular formula is C24H16ClN3O4S. The van der Waals surface area contributed by atoms with Gasteiger partial charge in [-0.05, 0) is 55.5 Å². The van der Waals surface area contributed by atoms with Crippen molar-refractivity contribution in [2.45, 2.75) is 6.92 Å². The van der Waals surface area contributed by atoms with E-state index >= 15 is 0 Å². The van der Waals surface area contributed by atoms with Gasteiger partial charge in [0.1, 0.15) is 16.1 Å². The molecule has 3 aromatic heterocycles. The standard InChI is InChI=1S/C24H16ClN3O4S/c1-2-31-23(30)16-5-3-14(4-6-16)19-12-11-18(32-19)13-20-22(29)28-24(33-20)26-21(27-28)15-7-9-17(25)10-8-15/h3-13H,2H2,1H3/b20-13-. The van der Waals surface area contributed by atoms with Crippen LogP contribution < -0.4 is 10.1 Å². The number of esters is 1. The molecule has 3 heterocycles. The highest BCUT2D eigenvalue weighted by Gasteiger charge is 2.13. The van der Waals surface area contributed by atoms with Crippen molar-refractivity contribution in [3.8, 4) is 22.7 Å². The van der Waals surface area contributed by atoms with Gasteiger partial charge < -0.3 is 9.15 Å².